The van der Waals surface area contributed by atoms with E-state index in [9.17, 15) is 24.8 Å². The Kier molecular flexibility index (Phi) is 5.76. The average molecular weight is 399 g/mol. The summed E-state index contributed by atoms with van der Waals surface area (Å²) in [4.78, 5) is 40.3. The van der Waals surface area contributed by atoms with Crippen LogP contribution in [0.15, 0.2) is 36.4 Å². The molecule has 0 fully saturated rings. The Morgan fingerprint density at radius 1 is 1.31 bits per heavy atom. The van der Waals surface area contributed by atoms with Crippen molar-refractivity contribution in [2.24, 2.45) is 0 Å². The van der Waals surface area contributed by atoms with Gasteiger partial charge < -0.3 is 20.0 Å². The van der Waals surface area contributed by atoms with Gasteiger partial charge in [-0.15, -0.1) is 0 Å². The zero-order valence-corrected chi connectivity index (χ0v) is 16.1. The Balaban J connectivity index is 1.97. The van der Waals surface area contributed by atoms with Crippen LogP contribution in [0.5, 0.6) is 5.75 Å². The van der Waals surface area contributed by atoms with Crippen LogP contribution in [-0.2, 0) is 16.0 Å². The molecule has 2 atom stereocenters. The molecule has 2 aromatic rings. The van der Waals surface area contributed by atoms with Crippen molar-refractivity contribution >= 4 is 23.5 Å². The van der Waals surface area contributed by atoms with Gasteiger partial charge in [0.15, 0.2) is 11.9 Å². The van der Waals surface area contributed by atoms with Gasteiger partial charge >= 0.3 is 11.8 Å². The van der Waals surface area contributed by atoms with Crippen LogP contribution in [0.1, 0.15) is 30.9 Å². The number of amides is 1. The normalized spacial score (nSPS) is 16.7. The highest BCUT2D eigenvalue weighted by atomic mass is 16.6. The fraction of sp³-hybridized carbons (Fsp3) is 0.350. The second-order valence-corrected chi connectivity index (χ2v) is 6.85. The number of benzene rings is 1. The Morgan fingerprint density at radius 3 is 2.59 bits per heavy atom. The Hall–Kier alpha value is -3.49. The summed E-state index contributed by atoms with van der Waals surface area (Å²) in [6.07, 6.45) is 0.00982. The fourth-order valence-electron chi connectivity index (χ4n) is 3.24. The van der Waals surface area contributed by atoms with Gasteiger partial charge in [0, 0.05) is 6.07 Å². The number of aliphatic carboxylic acids is 1. The highest BCUT2D eigenvalue weighted by molar-refractivity contribution is 6.03. The topological polar surface area (TPSA) is 123 Å². The molecule has 0 radical (unpaired) electrons. The molecular formula is C20H21N3O6. The molecule has 1 aromatic heterocycles. The van der Waals surface area contributed by atoms with Gasteiger partial charge in [-0.05, 0) is 47.7 Å². The van der Waals surface area contributed by atoms with Gasteiger partial charge in [0.05, 0.1) is 0 Å². The number of hydrogen-bond donors (Lipinski definition) is 1. The molecule has 0 saturated carbocycles. The van der Waals surface area contributed by atoms with Crippen molar-refractivity contribution in [1.29, 1.82) is 0 Å². The van der Waals surface area contributed by atoms with E-state index < -0.39 is 34.8 Å². The molecule has 29 heavy (non-hydrogen) atoms. The van der Waals surface area contributed by atoms with Gasteiger partial charge in [-0.25, -0.2) is 4.79 Å². The number of aryl methyl sites for hydroxylation is 2. The van der Waals surface area contributed by atoms with Gasteiger partial charge in [-0.3, -0.25) is 9.69 Å². The average Bonchev–Trinajstić information content (AvgIpc) is 2.69. The van der Waals surface area contributed by atoms with Crippen molar-refractivity contribution in [3.8, 4) is 5.75 Å². The van der Waals surface area contributed by atoms with Gasteiger partial charge in [-0.1, -0.05) is 36.8 Å². The number of nitrogens with zero attached hydrogens (tertiary/aromatic N) is 3. The smallest absolute Gasteiger partial charge is 0.366 e. The van der Waals surface area contributed by atoms with E-state index in [2.05, 4.69) is 4.98 Å². The quantitative estimate of drug-likeness (QED) is 0.561. The molecule has 3 rings (SSSR count). The van der Waals surface area contributed by atoms with Crippen molar-refractivity contribution in [3.05, 3.63) is 57.6 Å². The van der Waals surface area contributed by atoms with Crippen LogP contribution in [0.2, 0.25) is 0 Å². The van der Waals surface area contributed by atoms with Gasteiger partial charge in [-0.2, -0.15) is 0 Å². The summed E-state index contributed by atoms with van der Waals surface area (Å²) in [5.41, 5.74) is 2.02. The molecule has 1 aromatic carbocycles. The Morgan fingerprint density at radius 2 is 2.00 bits per heavy atom. The maximum absolute atomic E-state index is 12.9. The lowest BCUT2D eigenvalue weighted by molar-refractivity contribution is -0.389. The molecule has 9 heteroatoms. The molecule has 0 saturated heterocycles. The summed E-state index contributed by atoms with van der Waals surface area (Å²) in [5, 5.41) is 21.0. The number of nitro groups is 1. The van der Waals surface area contributed by atoms with E-state index in [1.54, 1.807) is 6.92 Å². The second kappa shape index (κ2) is 8.26. The van der Waals surface area contributed by atoms with Crippen LogP contribution in [0.4, 0.5) is 11.6 Å². The Labute approximate surface area is 167 Å². The van der Waals surface area contributed by atoms with Crippen LogP contribution >= 0.6 is 0 Å². The third-order valence-electron chi connectivity index (χ3n) is 4.82. The third kappa shape index (κ3) is 4.18. The second-order valence-electron chi connectivity index (χ2n) is 6.85. The maximum Gasteiger partial charge on any atom is 0.366 e. The molecule has 9 nitrogen and oxygen atoms in total. The number of pyridine rings is 1. The predicted octanol–water partition coefficient (Wildman–Crippen LogP) is 2.89. The summed E-state index contributed by atoms with van der Waals surface area (Å²) in [6.45, 7) is 3.70. The number of hydrogen-bond acceptors (Lipinski definition) is 6. The lowest BCUT2D eigenvalue weighted by Crippen LogP contribution is -2.54. The maximum atomic E-state index is 12.9. The molecule has 0 aliphatic carbocycles. The Bertz CT molecular complexity index is 944. The van der Waals surface area contributed by atoms with E-state index >= 15 is 0 Å². The van der Waals surface area contributed by atoms with Gasteiger partial charge in [0.2, 0.25) is 0 Å². The number of aromatic nitrogens is 1. The molecule has 1 aliphatic heterocycles. The summed E-state index contributed by atoms with van der Waals surface area (Å²) >= 11 is 0. The fourth-order valence-corrected chi connectivity index (χ4v) is 3.24. The predicted molar refractivity (Wildman–Crippen MR) is 104 cm³/mol. The first kappa shape index (κ1) is 20.2. The standard InChI is InChI=1S/C20H21N3O6/c1-3-15-19(24)22(18-16(29-15)10-11-17(21-18)23(27)28)14(20(25)26)9-8-13-6-4-12(2)5-7-13/h4-7,10-11,14-15H,3,8-9H2,1-2H3,(H,25,26). The first-order valence-corrected chi connectivity index (χ1v) is 9.25. The molecule has 1 aliphatic rings. The third-order valence-corrected chi connectivity index (χ3v) is 4.82. The van der Waals surface area contributed by atoms with E-state index in [0.717, 1.165) is 16.0 Å². The van der Waals surface area contributed by atoms with Crippen molar-refractivity contribution < 1.29 is 24.4 Å². The van der Waals surface area contributed by atoms with E-state index in [1.165, 1.54) is 12.1 Å². The van der Waals surface area contributed by atoms with Crippen LogP contribution in [0.25, 0.3) is 0 Å². The van der Waals surface area contributed by atoms with E-state index in [1.807, 2.05) is 31.2 Å². The summed E-state index contributed by atoms with van der Waals surface area (Å²) in [5.74, 6) is -2.23. The molecule has 2 heterocycles. The lowest BCUT2D eigenvalue weighted by atomic mass is 10.0. The lowest BCUT2D eigenvalue weighted by Gasteiger charge is -2.34. The SMILES string of the molecule is CCC1Oc2ccc([N+](=O)[O-])nc2N(C(CCc2ccc(C)cc2)C(=O)O)C1=O. The molecule has 0 spiro atoms. The number of carboxylic acids is 1. The highest BCUT2D eigenvalue weighted by Crippen LogP contribution is 2.36. The number of carbonyl (C=O) groups excluding carboxylic acids is 1. The van der Waals surface area contributed by atoms with E-state index in [0.29, 0.717) is 12.8 Å². The first-order valence-electron chi connectivity index (χ1n) is 9.25. The van der Waals surface area contributed by atoms with Crippen LogP contribution < -0.4 is 9.64 Å². The number of carbonyl (C=O) groups is 2. The van der Waals surface area contributed by atoms with E-state index in [4.69, 9.17) is 4.74 Å². The zero-order chi connectivity index (χ0) is 21.1. The van der Waals surface area contributed by atoms with Crippen molar-refractivity contribution in [3.63, 3.8) is 0 Å². The van der Waals surface area contributed by atoms with Crippen LogP contribution in [-0.4, -0.2) is 39.0 Å². The minimum absolute atomic E-state index is 0.129. The number of carboxylic acid groups (broad SMARTS) is 1. The molecule has 1 amide bonds. The van der Waals surface area contributed by atoms with Crippen molar-refractivity contribution in [2.45, 2.75) is 45.3 Å². The number of rotatable bonds is 7. The van der Waals surface area contributed by atoms with Gasteiger partial charge in [0.1, 0.15) is 6.04 Å². The number of ether oxygens (including phenoxy) is 1. The van der Waals surface area contributed by atoms with Gasteiger partial charge in [0.25, 0.3) is 11.7 Å². The van der Waals surface area contributed by atoms with Crippen LogP contribution in [0, 0.1) is 17.0 Å². The minimum atomic E-state index is -1.23. The monoisotopic (exact) mass is 399 g/mol. The zero-order valence-electron chi connectivity index (χ0n) is 16.1. The molecule has 0 bridgehead atoms. The number of anilines is 1. The summed E-state index contributed by atoms with van der Waals surface area (Å²) in [7, 11) is 0. The molecule has 152 valence electrons. The van der Waals surface area contributed by atoms with Crippen LogP contribution in [0.3, 0.4) is 0 Å². The van der Waals surface area contributed by atoms with Crippen molar-refractivity contribution in [1.82, 2.24) is 4.98 Å². The van der Waals surface area contributed by atoms with Crippen molar-refractivity contribution in [2.75, 3.05) is 4.90 Å². The largest absolute Gasteiger partial charge is 0.480 e. The first-order chi connectivity index (χ1) is 13.8. The molecule has 2 unspecified atom stereocenters. The molecule has 1 N–H and O–H groups in total. The number of fused-ring (bicyclic) bond motifs is 1. The van der Waals surface area contributed by atoms with E-state index in [-0.39, 0.29) is 18.0 Å². The summed E-state index contributed by atoms with van der Waals surface area (Å²) < 4.78 is 5.59. The minimum Gasteiger partial charge on any atom is -0.480 e. The highest BCUT2D eigenvalue weighted by Gasteiger charge is 2.44. The summed E-state index contributed by atoms with van der Waals surface area (Å²) in [6, 6.07) is 8.96. The molecular weight excluding hydrogens is 378 g/mol.